The zero-order valence-corrected chi connectivity index (χ0v) is 6.52. The molecule has 0 bridgehead atoms. The maximum absolute atomic E-state index is 9.07. The summed E-state index contributed by atoms with van der Waals surface area (Å²) in [7, 11) is 0. The predicted molar refractivity (Wildman–Crippen MR) is 40.3 cm³/mol. The van der Waals surface area contributed by atoms with Crippen molar-refractivity contribution in [2.75, 3.05) is 0 Å². The molecule has 0 fully saturated rings. The molecule has 0 aliphatic rings. The number of hydrogen-bond acceptors (Lipinski definition) is 1. The molecule has 0 unspecified atom stereocenters. The van der Waals surface area contributed by atoms with E-state index in [1.54, 1.807) is 0 Å². The molecule has 0 rings (SSSR count). The minimum Gasteiger partial charge on any atom is -0.389 e. The summed E-state index contributed by atoms with van der Waals surface area (Å²) in [5.74, 6) is 0. The van der Waals surface area contributed by atoms with Gasteiger partial charge in [0.15, 0.2) is 0 Å². The first-order chi connectivity index (χ1) is 4.22. The molecule has 0 aromatic carbocycles. The molecule has 1 nitrogen and oxygen atoms in total. The van der Waals surface area contributed by atoms with Crippen molar-refractivity contribution in [3.63, 3.8) is 0 Å². The average Bonchev–Trinajstić information content (AvgIpc) is 1.82. The van der Waals surface area contributed by atoms with E-state index in [0.29, 0.717) is 0 Å². The SMILES string of the molecule is C/C=C(\CCC)[C@@H](C)O. The molecule has 0 aromatic heterocycles. The zero-order chi connectivity index (χ0) is 7.28. The average molecular weight is 128 g/mol. The first-order valence-corrected chi connectivity index (χ1v) is 3.55. The summed E-state index contributed by atoms with van der Waals surface area (Å²) in [5, 5.41) is 9.07. The molecule has 9 heavy (non-hydrogen) atoms. The highest BCUT2D eigenvalue weighted by Crippen LogP contribution is 2.08. The summed E-state index contributed by atoms with van der Waals surface area (Å²) in [6.45, 7) is 5.90. The van der Waals surface area contributed by atoms with Gasteiger partial charge in [-0.3, -0.25) is 0 Å². The van der Waals surface area contributed by atoms with Crippen molar-refractivity contribution in [1.29, 1.82) is 0 Å². The molecular weight excluding hydrogens is 112 g/mol. The van der Waals surface area contributed by atoms with Crippen molar-refractivity contribution in [3.05, 3.63) is 11.6 Å². The Morgan fingerprint density at radius 1 is 1.67 bits per heavy atom. The number of aliphatic hydroxyl groups is 1. The largest absolute Gasteiger partial charge is 0.389 e. The Morgan fingerprint density at radius 3 is 2.33 bits per heavy atom. The lowest BCUT2D eigenvalue weighted by molar-refractivity contribution is 0.226. The Labute approximate surface area is 57.4 Å². The van der Waals surface area contributed by atoms with Crippen LogP contribution < -0.4 is 0 Å². The van der Waals surface area contributed by atoms with Crippen molar-refractivity contribution in [1.82, 2.24) is 0 Å². The lowest BCUT2D eigenvalue weighted by Crippen LogP contribution is -2.03. The summed E-state index contributed by atoms with van der Waals surface area (Å²) in [6.07, 6.45) is 3.88. The monoisotopic (exact) mass is 128 g/mol. The third kappa shape index (κ3) is 3.31. The van der Waals surface area contributed by atoms with E-state index in [0.717, 1.165) is 18.4 Å². The van der Waals surface area contributed by atoms with Gasteiger partial charge in [0.1, 0.15) is 0 Å². The van der Waals surface area contributed by atoms with Crippen molar-refractivity contribution >= 4 is 0 Å². The van der Waals surface area contributed by atoms with E-state index in [2.05, 4.69) is 6.92 Å². The maximum Gasteiger partial charge on any atom is 0.0721 e. The fourth-order valence-corrected chi connectivity index (χ4v) is 0.883. The Bertz CT molecular complexity index is 92.7. The number of hydrogen-bond donors (Lipinski definition) is 1. The molecule has 1 heteroatoms. The van der Waals surface area contributed by atoms with Gasteiger partial charge < -0.3 is 5.11 Å². The normalized spacial score (nSPS) is 15.8. The standard InChI is InChI=1S/C8H16O/c1-4-6-8(5-2)7(3)9/h5,7,9H,4,6H2,1-3H3/b8-5+/t7-/m1/s1. The molecule has 0 amide bonds. The predicted octanol–water partition coefficient (Wildman–Crippen LogP) is 2.11. The van der Waals surface area contributed by atoms with Crippen molar-refractivity contribution in [2.45, 2.75) is 39.7 Å². The van der Waals surface area contributed by atoms with Gasteiger partial charge in [-0.05, 0) is 25.8 Å². The minimum atomic E-state index is -0.255. The Balaban J connectivity index is 3.70. The summed E-state index contributed by atoms with van der Waals surface area (Å²) < 4.78 is 0. The van der Waals surface area contributed by atoms with E-state index in [1.807, 2.05) is 19.9 Å². The Hall–Kier alpha value is -0.300. The highest BCUT2D eigenvalue weighted by Gasteiger charge is 1.99. The molecule has 0 aliphatic heterocycles. The first-order valence-electron chi connectivity index (χ1n) is 3.55. The van der Waals surface area contributed by atoms with E-state index >= 15 is 0 Å². The molecule has 54 valence electrons. The van der Waals surface area contributed by atoms with Crippen LogP contribution in [0, 0.1) is 0 Å². The molecule has 1 atom stereocenters. The number of aliphatic hydroxyl groups excluding tert-OH is 1. The highest BCUT2D eigenvalue weighted by atomic mass is 16.3. The molecule has 0 saturated heterocycles. The molecule has 1 N–H and O–H groups in total. The van der Waals surface area contributed by atoms with Gasteiger partial charge in [-0.25, -0.2) is 0 Å². The number of allylic oxidation sites excluding steroid dienone is 1. The van der Waals surface area contributed by atoms with Crippen molar-refractivity contribution in [2.24, 2.45) is 0 Å². The number of rotatable bonds is 3. The summed E-state index contributed by atoms with van der Waals surface area (Å²) >= 11 is 0. The zero-order valence-electron chi connectivity index (χ0n) is 6.52. The third-order valence-electron chi connectivity index (χ3n) is 1.45. The van der Waals surface area contributed by atoms with E-state index in [-0.39, 0.29) is 6.10 Å². The molecule has 0 spiro atoms. The summed E-state index contributed by atoms with van der Waals surface area (Å²) in [5.41, 5.74) is 1.15. The lowest BCUT2D eigenvalue weighted by atomic mass is 10.1. The molecule has 0 aromatic rings. The van der Waals surface area contributed by atoms with E-state index in [4.69, 9.17) is 5.11 Å². The van der Waals surface area contributed by atoms with E-state index in [1.165, 1.54) is 0 Å². The molecule has 0 heterocycles. The van der Waals surface area contributed by atoms with Crippen LogP contribution in [0.2, 0.25) is 0 Å². The summed E-state index contributed by atoms with van der Waals surface area (Å²) in [6, 6.07) is 0. The van der Waals surface area contributed by atoms with Gasteiger partial charge in [0, 0.05) is 0 Å². The highest BCUT2D eigenvalue weighted by molar-refractivity contribution is 5.04. The van der Waals surface area contributed by atoms with Gasteiger partial charge in [0.25, 0.3) is 0 Å². The van der Waals surface area contributed by atoms with Gasteiger partial charge >= 0.3 is 0 Å². The van der Waals surface area contributed by atoms with Crippen molar-refractivity contribution < 1.29 is 5.11 Å². The second-order valence-corrected chi connectivity index (χ2v) is 2.29. The quantitative estimate of drug-likeness (QED) is 0.577. The van der Waals surface area contributed by atoms with Crippen LogP contribution in [0.15, 0.2) is 11.6 Å². The van der Waals surface area contributed by atoms with Gasteiger partial charge in [0.05, 0.1) is 6.10 Å². The maximum atomic E-state index is 9.07. The Morgan fingerprint density at radius 2 is 2.22 bits per heavy atom. The fraction of sp³-hybridized carbons (Fsp3) is 0.750. The van der Waals surface area contributed by atoms with Crippen LogP contribution in [-0.4, -0.2) is 11.2 Å². The van der Waals surface area contributed by atoms with Crippen LogP contribution in [0.4, 0.5) is 0 Å². The summed E-state index contributed by atoms with van der Waals surface area (Å²) in [4.78, 5) is 0. The van der Waals surface area contributed by atoms with Crippen LogP contribution in [0.25, 0.3) is 0 Å². The molecule has 0 aliphatic carbocycles. The Kier molecular flexibility index (Phi) is 4.41. The molecule has 0 radical (unpaired) electrons. The molecule has 0 saturated carbocycles. The lowest BCUT2D eigenvalue weighted by Gasteiger charge is -2.06. The minimum absolute atomic E-state index is 0.255. The van der Waals surface area contributed by atoms with Gasteiger partial charge in [-0.1, -0.05) is 19.4 Å². The van der Waals surface area contributed by atoms with Crippen LogP contribution >= 0.6 is 0 Å². The second-order valence-electron chi connectivity index (χ2n) is 2.29. The third-order valence-corrected chi connectivity index (χ3v) is 1.45. The van der Waals surface area contributed by atoms with Crippen LogP contribution in [0.5, 0.6) is 0 Å². The van der Waals surface area contributed by atoms with Crippen LogP contribution in [-0.2, 0) is 0 Å². The van der Waals surface area contributed by atoms with Gasteiger partial charge in [-0.2, -0.15) is 0 Å². The van der Waals surface area contributed by atoms with Crippen LogP contribution in [0.1, 0.15) is 33.6 Å². The smallest absolute Gasteiger partial charge is 0.0721 e. The van der Waals surface area contributed by atoms with Gasteiger partial charge in [-0.15, -0.1) is 0 Å². The van der Waals surface area contributed by atoms with Gasteiger partial charge in [0.2, 0.25) is 0 Å². The van der Waals surface area contributed by atoms with Crippen molar-refractivity contribution in [3.8, 4) is 0 Å². The van der Waals surface area contributed by atoms with E-state index < -0.39 is 0 Å². The van der Waals surface area contributed by atoms with E-state index in [9.17, 15) is 0 Å². The second kappa shape index (κ2) is 4.57. The topological polar surface area (TPSA) is 20.2 Å². The van der Waals surface area contributed by atoms with Crippen LogP contribution in [0.3, 0.4) is 0 Å². The first kappa shape index (κ1) is 8.70. The molecular formula is C8H16O. The fourth-order valence-electron chi connectivity index (χ4n) is 0.883.